The topological polar surface area (TPSA) is 64.1 Å². The van der Waals surface area contributed by atoms with E-state index in [2.05, 4.69) is 180 Å². The Hall–Kier alpha value is -5.20. The number of nitrogens with zero attached hydrogens (tertiary/aromatic N) is 3. The second kappa shape index (κ2) is 13.4. The number of fused-ring (bicyclic) bond motifs is 4. The molecule has 0 saturated carbocycles. The number of phenols is 1. The van der Waals surface area contributed by atoms with Crippen molar-refractivity contribution in [3.05, 3.63) is 118 Å². The van der Waals surface area contributed by atoms with Gasteiger partial charge >= 0.3 is 0 Å². The third kappa shape index (κ3) is 6.73. The van der Waals surface area contributed by atoms with E-state index in [1.165, 1.54) is 16.7 Å². The molecule has 0 spiro atoms. The van der Waals surface area contributed by atoms with E-state index in [4.69, 9.17) is 14.4 Å². The minimum Gasteiger partial charge on any atom is -0.507 e. The summed E-state index contributed by atoms with van der Waals surface area (Å²) in [6.07, 6.45) is 1.82. The van der Waals surface area contributed by atoms with Crippen LogP contribution in [0.1, 0.15) is 116 Å². The molecule has 4 heterocycles. The summed E-state index contributed by atoms with van der Waals surface area (Å²) < 4.78 is 9.46. The van der Waals surface area contributed by atoms with E-state index >= 15 is 0 Å². The summed E-state index contributed by atoms with van der Waals surface area (Å²) in [6, 6.07) is 26.6. The summed E-state index contributed by atoms with van der Waals surface area (Å²) in [4.78, 5) is 10.9. The zero-order valence-electron chi connectivity index (χ0n) is 36.7. The van der Waals surface area contributed by atoms with Gasteiger partial charge in [0.1, 0.15) is 17.1 Å². The van der Waals surface area contributed by atoms with E-state index in [9.17, 15) is 5.11 Å². The minimum atomic E-state index is -0.293. The van der Waals surface area contributed by atoms with Gasteiger partial charge in [-0.2, -0.15) is 0 Å². The molecule has 58 heavy (non-hydrogen) atoms. The highest BCUT2D eigenvalue weighted by Crippen LogP contribution is 2.46. The first-order chi connectivity index (χ1) is 27.0. The van der Waals surface area contributed by atoms with Crippen molar-refractivity contribution in [1.29, 1.82) is 0 Å². The number of aryl methyl sites for hydroxylation is 2. The molecular weight excluding hydrogens is 731 g/mol. The molecule has 0 fully saturated rings. The quantitative estimate of drug-likeness (QED) is 0.193. The Labute approximate surface area is 347 Å². The molecule has 4 aromatic carbocycles. The molecule has 0 bridgehead atoms. The Bertz CT molecular complexity index is 2890. The van der Waals surface area contributed by atoms with Crippen molar-refractivity contribution in [1.82, 2.24) is 14.5 Å². The largest absolute Gasteiger partial charge is 0.507 e. The molecule has 1 N–H and O–H groups in total. The van der Waals surface area contributed by atoms with Crippen molar-refractivity contribution < 1.29 is 9.52 Å². The smallest absolute Gasteiger partial charge is 0.161 e. The van der Waals surface area contributed by atoms with Gasteiger partial charge < -0.3 is 9.52 Å². The van der Waals surface area contributed by atoms with Gasteiger partial charge in [-0.25, -0.2) is 9.97 Å². The normalized spacial score (nSPS) is 13.1. The second-order valence-electron chi connectivity index (χ2n) is 20.4. The summed E-state index contributed by atoms with van der Waals surface area (Å²) in [7, 11) is 0. The van der Waals surface area contributed by atoms with Crippen molar-refractivity contribution in [2.45, 2.75) is 119 Å². The molecule has 4 aromatic heterocycles. The van der Waals surface area contributed by atoms with Crippen LogP contribution in [-0.4, -0.2) is 19.6 Å². The molecule has 6 heteroatoms. The number of furan rings is 1. The maximum absolute atomic E-state index is 12.3. The van der Waals surface area contributed by atoms with Gasteiger partial charge in [0.2, 0.25) is 0 Å². The minimum absolute atomic E-state index is 0.00527. The van der Waals surface area contributed by atoms with E-state index in [0.717, 1.165) is 82.5 Å². The molecule has 8 aromatic rings. The highest BCUT2D eigenvalue weighted by molar-refractivity contribution is 7.18. The molecular formula is C52H57N3O2S. The van der Waals surface area contributed by atoms with Crippen LogP contribution in [0.3, 0.4) is 0 Å². The molecule has 0 aliphatic rings. The standard InChI is InChI=1S/C52H57N3O2S/c1-29-27-57-46-41-30(2)28-58-47(41)43(53-42(29)46)32-22-31(23-34(24-32)50(6,7)8)37-16-15-17-40-44(37)54-48(55(40)36-20-18-33(19-21-36)49(3,4)5)38-25-35(51(9,10)11)26-39(45(38)56)52(12,13)14/h15-28,56H,1-14H3. The van der Waals surface area contributed by atoms with Crippen LogP contribution >= 0.6 is 11.3 Å². The first-order valence-electron chi connectivity index (χ1n) is 20.4. The van der Waals surface area contributed by atoms with Crippen LogP contribution in [0.25, 0.3) is 71.7 Å². The lowest BCUT2D eigenvalue weighted by atomic mass is 9.79. The van der Waals surface area contributed by atoms with Crippen molar-refractivity contribution in [3.8, 4) is 45.2 Å². The Morgan fingerprint density at radius 2 is 1.26 bits per heavy atom. The third-order valence-electron chi connectivity index (χ3n) is 11.7. The van der Waals surface area contributed by atoms with Gasteiger partial charge in [0.05, 0.1) is 33.3 Å². The molecule has 0 unspecified atom stereocenters. The predicted molar refractivity (Wildman–Crippen MR) is 246 cm³/mol. The van der Waals surface area contributed by atoms with E-state index in [0.29, 0.717) is 5.82 Å². The van der Waals surface area contributed by atoms with Crippen LogP contribution < -0.4 is 0 Å². The summed E-state index contributed by atoms with van der Waals surface area (Å²) >= 11 is 1.72. The Morgan fingerprint density at radius 1 is 0.621 bits per heavy atom. The average molecular weight is 788 g/mol. The van der Waals surface area contributed by atoms with Gasteiger partial charge in [0.25, 0.3) is 0 Å². The highest BCUT2D eigenvalue weighted by Gasteiger charge is 2.29. The summed E-state index contributed by atoms with van der Waals surface area (Å²) in [5, 5.41) is 15.6. The number of thiophene rings is 1. The third-order valence-corrected chi connectivity index (χ3v) is 12.8. The maximum Gasteiger partial charge on any atom is 0.161 e. The lowest BCUT2D eigenvalue weighted by molar-refractivity contribution is 0.446. The Morgan fingerprint density at radius 3 is 1.90 bits per heavy atom. The van der Waals surface area contributed by atoms with Gasteiger partial charge in [-0.05, 0) is 105 Å². The second-order valence-corrected chi connectivity index (χ2v) is 21.3. The first kappa shape index (κ1) is 39.6. The van der Waals surface area contributed by atoms with Crippen LogP contribution in [-0.2, 0) is 21.7 Å². The van der Waals surface area contributed by atoms with Crippen LogP contribution in [0.5, 0.6) is 5.75 Å². The van der Waals surface area contributed by atoms with Gasteiger partial charge in [0, 0.05) is 33.3 Å². The molecule has 8 rings (SSSR count). The number of pyridine rings is 1. The van der Waals surface area contributed by atoms with Gasteiger partial charge in [0.15, 0.2) is 5.58 Å². The van der Waals surface area contributed by atoms with Crippen molar-refractivity contribution in [2.24, 2.45) is 0 Å². The van der Waals surface area contributed by atoms with E-state index in [-0.39, 0.29) is 27.4 Å². The van der Waals surface area contributed by atoms with Crippen molar-refractivity contribution in [2.75, 3.05) is 0 Å². The number of hydrogen-bond acceptors (Lipinski definition) is 5. The SMILES string of the molecule is Cc1coc2c1nc(-c1cc(-c3cccc4c3nc(-c3cc(C(C)(C)C)cc(C(C)(C)C)c3O)n4-c3ccc(C(C)(C)C)cc3)cc(C(C)(C)C)c1)c1scc(C)c12. The monoisotopic (exact) mass is 787 g/mol. The molecule has 298 valence electrons. The number of phenolic OH excluding ortho intramolecular Hbond substituents is 1. The molecule has 5 nitrogen and oxygen atoms in total. The number of rotatable bonds is 4. The Kier molecular flexibility index (Phi) is 9.17. The van der Waals surface area contributed by atoms with Crippen LogP contribution in [0, 0.1) is 13.8 Å². The van der Waals surface area contributed by atoms with Crippen molar-refractivity contribution in [3.63, 3.8) is 0 Å². The number of aromatic nitrogens is 3. The van der Waals surface area contributed by atoms with Crippen LogP contribution in [0.15, 0.2) is 88.9 Å². The molecule has 0 amide bonds. The number of benzene rings is 4. The molecule has 0 aliphatic heterocycles. The maximum atomic E-state index is 12.3. The van der Waals surface area contributed by atoms with Crippen LogP contribution in [0.2, 0.25) is 0 Å². The van der Waals surface area contributed by atoms with Gasteiger partial charge in [-0.1, -0.05) is 119 Å². The molecule has 0 saturated heterocycles. The average Bonchev–Trinajstić information content (AvgIpc) is 3.84. The lowest BCUT2D eigenvalue weighted by Gasteiger charge is -2.27. The highest BCUT2D eigenvalue weighted by atomic mass is 32.1. The predicted octanol–water partition coefficient (Wildman–Crippen LogP) is 14.9. The fraction of sp³-hybridized carbons (Fsp3) is 0.346. The van der Waals surface area contributed by atoms with E-state index < -0.39 is 0 Å². The summed E-state index contributed by atoms with van der Waals surface area (Å²) in [5.74, 6) is 0.985. The van der Waals surface area contributed by atoms with E-state index in [1.54, 1.807) is 11.3 Å². The molecule has 0 radical (unpaired) electrons. The number of para-hydroxylation sites is 1. The number of aromatic hydroxyl groups is 1. The van der Waals surface area contributed by atoms with Crippen LogP contribution in [0.4, 0.5) is 0 Å². The lowest BCUT2D eigenvalue weighted by Crippen LogP contribution is -2.17. The first-order valence-corrected chi connectivity index (χ1v) is 21.3. The van der Waals surface area contributed by atoms with Gasteiger partial charge in [-0.15, -0.1) is 11.3 Å². The van der Waals surface area contributed by atoms with Crippen molar-refractivity contribution >= 4 is 43.6 Å². The zero-order chi connectivity index (χ0) is 41.9. The fourth-order valence-electron chi connectivity index (χ4n) is 8.06. The Balaban J connectivity index is 1.45. The zero-order valence-corrected chi connectivity index (χ0v) is 37.5. The number of hydrogen-bond donors (Lipinski definition) is 1. The number of imidazole rings is 1. The fourth-order valence-corrected chi connectivity index (χ4v) is 9.12. The molecule has 0 aliphatic carbocycles. The molecule has 0 atom stereocenters. The summed E-state index contributed by atoms with van der Waals surface area (Å²) in [5.41, 5.74) is 15.6. The van der Waals surface area contributed by atoms with Gasteiger partial charge in [-0.3, -0.25) is 4.57 Å². The summed E-state index contributed by atoms with van der Waals surface area (Å²) in [6.45, 7) is 30.9. The van der Waals surface area contributed by atoms with E-state index in [1.807, 2.05) is 6.26 Å².